The van der Waals surface area contributed by atoms with Gasteiger partial charge in [0.05, 0.1) is 24.7 Å². The first kappa shape index (κ1) is 21.8. The second kappa shape index (κ2) is 9.09. The molecule has 0 aliphatic carbocycles. The molecular weight excluding hydrogens is 432 g/mol. The lowest BCUT2D eigenvalue weighted by molar-refractivity contribution is -0.140. The zero-order chi connectivity index (χ0) is 23.7. The highest BCUT2D eigenvalue weighted by Crippen LogP contribution is 2.32. The summed E-state index contributed by atoms with van der Waals surface area (Å²) in [6.45, 7) is 1.67. The van der Waals surface area contributed by atoms with Gasteiger partial charge in [0.15, 0.2) is 5.82 Å². The first-order valence-electron chi connectivity index (χ1n) is 11.4. The minimum Gasteiger partial charge on any atom is -0.469 e. The summed E-state index contributed by atoms with van der Waals surface area (Å²) in [5.41, 5.74) is 10.6. The Morgan fingerprint density at radius 3 is 2.82 bits per heavy atom. The molecule has 3 aromatic heterocycles. The Balaban J connectivity index is 1.62. The third kappa shape index (κ3) is 4.05. The van der Waals surface area contributed by atoms with Gasteiger partial charge in [-0.05, 0) is 30.5 Å². The van der Waals surface area contributed by atoms with Crippen molar-refractivity contribution in [3.63, 3.8) is 0 Å². The van der Waals surface area contributed by atoms with Crippen molar-refractivity contribution in [2.24, 2.45) is 0 Å². The standard InChI is InChI=1S/C25H26N6O3/c1-34-22(33)7-4-12-31-20(15-30-11-3-6-21(30)32)29-23-24(31)18-9-8-16(13-19(18)28-25(23)26)17-5-2-10-27-14-17/h2,5,8-10,13-14H,3-4,6-7,11-12,15H2,1H3,(H2,26,28). The fourth-order valence-corrected chi connectivity index (χ4v) is 4.56. The Bertz CT molecular complexity index is 1380. The van der Waals surface area contributed by atoms with Crippen molar-refractivity contribution in [2.75, 3.05) is 19.4 Å². The van der Waals surface area contributed by atoms with E-state index in [1.165, 1.54) is 7.11 Å². The number of methoxy groups -OCH3 is 1. The summed E-state index contributed by atoms with van der Waals surface area (Å²) in [7, 11) is 1.39. The van der Waals surface area contributed by atoms with Gasteiger partial charge in [-0.3, -0.25) is 14.6 Å². The van der Waals surface area contributed by atoms with Crippen molar-refractivity contribution in [3.8, 4) is 11.1 Å². The summed E-state index contributed by atoms with van der Waals surface area (Å²) in [5, 5.41) is 0.918. The number of carbonyl (C=O) groups excluding carboxylic acids is 2. The van der Waals surface area contributed by atoms with Crippen LogP contribution in [0, 0.1) is 0 Å². The number of benzene rings is 1. The number of nitrogen functional groups attached to an aromatic ring is 1. The second-order valence-corrected chi connectivity index (χ2v) is 8.45. The van der Waals surface area contributed by atoms with E-state index in [1.54, 1.807) is 6.20 Å². The van der Waals surface area contributed by atoms with Crippen molar-refractivity contribution in [2.45, 2.75) is 38.8 Å². The summed E-state index contributed by atoms with van der Waals surface area (Å²) in [6, 6.07) is 9.95. The highest BCUT2D eigenvalue weighted by molar-refractivity contribution is 6.07. The van der Waals surface area contributed by atoms with Crippen LogP contribution in [-0.4, -0.2) is 49.9 Å². The van der Waals surface area contributed by atoms with Gasteiger partial charge in [0, 0.05) is 49.3 Å². The number of nitrogens with zero attached hydrogens (tertiary/aromatic N) is 5. The molecule has 0 radical (unpaired) electrons. The molecule has 2 N–H and O–H groups in total. The molecule has 1 fully saturated rings. The fourth-order valence-electron chi connectivity index (χ4n) is 4.56. The van der Waals surface area contributed by atoms with Gasteiger partial charge in [-0.15, -0.1) is 0 Å². The van der Waals surface area contributed by atoms with Crippen molar-refractivity contribution in [3.05, 3.63) is 48.5 Å². The number of aromatic nitrogens is 4. The van der Waals surface area contributed by atoms with Crippen LogP contribution >= 0.6 is 0 Å². The first-order chi connectivity index (χ1) is 16.5. The molecule has 0 bridgehead atoms. The number of nitrogens with two attached hydrogens (primary N) is 1. The van der Waals surface area contributed by atoms with E-state index in [4.69, 9.17) is 15.5 Å². The topological polar surface area (TPSA) is 116 Å². The molecule has 1 saturated heterocycles. The minimum absolute atomic E-state index is 0.130. The Kier molecular flexibility index (Phi) is 5.83. The summed E-state index contributed by atoms with van der Waals surface area (Å²) >= 11 is 0. The molecule has 0 spiro atoms. The van der Waals surface area contributed by atoms with Gasteiger partial charge < -0.3 is 19.9 Å². The van der Waals surface area contributed by atoms with Crippen LogP contribution in [0.2, 0.25) is 0 Å². The van der Waals surface area contributed by atoms with Gasteiger partial charge in [0.25, 0.3) is 0 Å². The van der Waals surface area contributed by atoms with Crippen molar-refractivity contribution in [1.29, 1.82) is 0 Å². The number of likely N-dealkylation sites (tertiary alicyclic amines) is 1. The Morgan fingerprint density at radius 1 is 1.21 bits per heavy atom. The number of imidazole rings is 1. The number of ether oxygens (including phenoxy) is 1. The van der Waals surface area contributed by atoms with E-state index in [2.05, 4.69) is 14.5 Å². The number of hydrogen-bond donors (Lipinski definition) is 1. The number of anilines is 1. The van der Waals surface area contributed by atoms with Crippen molar-refractivity contribution in [1.82, 2.24) is 24.4 Å². The van der Waals surface area contributed by atoms with Crippen LogP contribution in [0.4, 0.5) is 5.82 Å². The van der Waals surface area contributed by atoms with E-state index in [0.717, 1.165) is 39.8 Å². The Labute approximate surface area is 196 Å². The molecule has 9 nitrogen and oxygen atoms in total. The average molecular weight is 459 g/mol. The maximum Gasteiger partial charge on any atom is 0.305 e. The zero-order valence-electron chi connectivity index (χ0n) is 19.0. The molecule has 174 valence electrons. The van der Waals surface area contributed by atoms with E-state index < -0.39 is 0 Å². The summed E-state index contributed by atoms with van der Waals surface area (Å²) in [5.74, 6) is 0.956. The van der Waals surface area contributed by atoms with Crippen LogP contribution in [-0.2, 0) is 27.4 Å². The summed E-state index contributed by atoms with van der Waals surface area (Å²) < 4.78 is 6.88. The summed E-state index contributed by atoms with van der Waals surface area (Å²) in [6.07, 6.45) is 5.84. The van der Waals surface area contributed by atoms with Crippen molar-refractivity contribution < 1.29 is 14.3 Å². The molecule has 0 atom stereocenters. The second-order valence-electron chi connectivity index (χ2n) is 8.45. The smallest absolute Gasteiger partial charge is 0.305 e. The SMILES string of the molecule is COC(=O)CCCn1c(CN2CCCC2=O)nc2c(N)nc3cc(-c4cccnc4)ccc3c21. The molecule has 0 saturated carbocycles. The van der Waals surface area contributed by atoms with Crippen LogP contribution in [0.1, 0.15) is 31.5 Å². The number of hydrogen-bond acceptors (Lipinski definition) is 7. The molecular formula is C25H26N6O3. The largest absolute Gasteiger partial charge is 0.469 e. The van der Waals surface area contributed by atoms with Gasteiger partial charge >= 0.3 is 5.97 Å². The normalized spacial score (nSPS) is 13.8. The number of rotatable bonds is 7. The van der Waals surface area contributed by atoms with Crippen LogP contribution < -0.4 is 5.73 Å². The molecule has 1 aromatic carbocycles. The molecule has 4 aromatic rings. The fraction of sp³-hybridized carbons (Fsp3) is 0.320. The highest BCUT2D eigenvalue weighted by atomic mass is 16.5. The molecule has 4 heterocycles. The van der Waals surface area contributed by atoms with E-state index in [-0.39, 0.29) is 11.9 Å². The third-order valence-corrected chi connectivity index (χ3v) is 6.27. The molecule has 1 aliphatic rings. The van der Waals surface area contributed by atoms with Gasteiger partial charge in [0.2, 0.25) is 5.91 Å². The number of fused-ring (bicyclic) bond motifs is 3. The predicted octanol–water partition coefficient (Wildman–Crippen LogP) is 3.30. The molecule has 34 heavy (non-hydrogen) atoms. The maximum atomic E-state index is 12.3. The average Bonchev–Trinajstić information content (AvgIpc) is 3.43. The van der Waals surface area contributed by atoms with E-state index in [1.807, 2.05) is 41.4 Å². The minimum atomic E-state index is -0.257. The molecule has 5 rings (SSSR count). The maximum absolute atomic E-state index is 12.3. The van der Waals surface area contributed by atoms with E-state index in [9.17, 15) is 9.59 Å². The molecule has 1 amide bonds. The third-order valence-electron chi connectivity index (χ3n) is 6.27. The van der Waals surface area contributed by atoms with Crippen molar-refractivity contribution >= 4 is 39.6 Å². The molecule has 9 heteroatoms. The van der Waals surface area contributed by atoms with Gasteiger partial charge in [-0.1, -0.05) is 18.2 Å². The quantitative estimate of drug-likeness (QED) is 0.422. The number of carbonyl (C=O) groups is 2. The van der Waals surface area contributed by atoms with Gasteiger partial charge in [0.1, 0.15) is 11.3 Å². The van der Waals surface area contributed by atoms with Crippen LogP contribution in [0.3, 0.4) is 0 Å². The van der Waals surface area contributed by atoms with E-state index >= 15 is 0 Å². The zero-order valence-corrected chi connectivity index (χ0v) is 19.0. The molecule has 1 aliphatic heterocycles. The predicted molar refractivity (Wildman–Crippen MR) is 129 cm³/mol. The summed E-state index contributed by atoms with van der Waals surface area (Å²) in [4.78, 5) is 39.5. The number of amides is 1. The Hall–Kier alpha value is -4.01. The van der Waals surface area contributed by atoms with E-state index in [0.29, 0.717) is 50.2 Å². The van der Waals surface area contributed by atoms with Crippen LogP contribution in [0.15, 0.2) is 42.7 Å². The number of esters is 1. The number of aryl methyl sites for hydroxylation is 1. The molecule has 0 unspecified atom stereocenters. The van der Waals surface area contributed by atoms with Crippen LogP contribution in [0.25, 0.3) is 33.1 Å². The van der Waals surface area contributed by atoms with Gasteiger partial charge in [-0.2, -0.15) is 0 Å². The Morgan fingerprint density at radius 2 is 2.09 bits per heavy atom. The lowest BCUT2D eigenvalue weighted by atomic mass is 10.0. The van der Waals surface area contributed by atoms with Crippen LogP contribution in [0.5, 0.6) is 0 Å². The first-order valence-corrected chi connectivity index (χ1v) is 11.4. The lowest BCUT2D eigenvalue weighted by Crippen LogP contribution is -2.26. The monoisotopic (exact) mass is 458 g/mol. The lowest BCUT2D eigenvalue weighted by Gasteiger charge is -2.17. The number of pyridine rings is 2. The highest BCUT2D eigenvalue weighted by Gasteiger charge is 2.24. The van der Waals surface area contributed by atoms with Gasteiger partial charge in [-0.25, -0.2) is 9.97 Å².